The number of benzene rings is 2. The van der Waals surface area contributed by atoms with Crippen molar-refractivity contribution in [2.45, 2.75) is 26.4 Å². The quantitative estimate of drug-likeness (QED) is 0.299. The average molecular weight is 484 g/mol. The number of amides is 2. The highest BCUT2D eigenvalue weighted by molar-refractivity contribution is 9.10. The normalized spacial score (nSPS) is 13.0. The summed E-state index contributed by atoms with van der Waals surface area (Å²) in [5.41, 5.74) is 2.10. The Kier molecular flexibility index (Phi) is 5.73. The van der Waals surface area contributed by atoms with Crippen molar-refractivity contribution in [3.8, 4) is 0 Å². The van der Waals surface area contributed by atoms with E-state index in [0.29, 0.717) is 27.7 Å². The van der Waals surface area contributed by atoms with Crippen molar-refractivity contribution in [3.05, 3.63) is 79.6 Å². The highest BCUT2D eigenvalue weighted by Gasteiger charge is 2.35. The van der Waals surface area contributed by atoms with E-state index in [9.17, 15) is 19.2 Å². The molecule has 0 saturated carbocycles. The largest absolute Gasteiger partial charge is 0.461 e. The van der Waals surface area contributed by atoms with Gasteiger partial charge in [0, 0.05) is 34.5 Å². The van der Waals surface area contributed by atoms with E-state index in [1.807, 2.05) is 6.92 Å². The molecule has 0 spiro atoms. The molecule has 8 heteroatoms. The fourth-order valence-electron chi connectivity index (χ4n) is 3.54. The Morgan fingerprint density at radius 1 is 1.03 bits per heavy atom. The topological polar surface area (TPSA) is 93.9 Å². The van der Waals surface area contributed by atoms with E-state index in [1.54, 1.807) is 36.4 Å². The fraction of sp³-hybridized carbons (Fsp3) is 0.217. The first-order valence-corrected chi connectivity index (χ1v) is 10.5. The first-order chi connectivity index (χ1) is 14.8. The van der Waals surface area contributed by atoms with Crippen LogP contribution in [0.1, 0.15) is 44.7 Å². The average Bonchev–Trinajstić information content (AvgIpc) is 2.95. The van der Waals surface area contributed by atoms with E-state index >= 15 is 0 Å². The van der Waals surface area contributed by atoms with Gasteiger partial charge in [-0.25, -0.2) is 4.79 Å². The van der Waals surface area contributed by atoms with E-state index in [1.165, 1.54) is 6.07 Å². The van der Waals surface area contributed by atoms with Crippen LogP contribution < -0.4 is 5.63 Å². The number of imide groups is 1. The van der Waals surface area contributed by atoms with Crippen LogP contribution in [-0.4, -0.2) is 29.2 Å². The van der Waals surface area contributed by atoms with Gasteiger partial charge in [-0.3, -0.25) is 19.3 Å². The van der Waals surface area contributed by atoms with Crippen LogP contribution in [0.3, 0.4) is 0 Å². The van der Waals surface area contributed by atoms with E-state index in [0.717, 1.165) is 14.9 Å². The minimum atomic E-state index is -0.530. The molecule has 1 aromatic heterocycles. The van der Waals surface area contributed by atoms with Crippen LogP contribution in [-0.2, 0) is 16.1 Å². The van der Waals surface area contributed by atoms with Gasteiger partial charge in [0.25, 0.3) is 11.8 Å². The standard InChI is InChI=1S/C23H18BrNO6/c1-13-4-6-17-18(9-13)23(29)25(22(17)28)8-2-3-20(26)30-12-14-10-21(27)31-19-11-15(24)5-7-16(14)19/h4-7,9-11H,2-3,8,12H2,1H3. The zero-order valence-electron chi connectivity index (χ0n) is 16.6. The summed E-state index contributed by atoms with van der Waals surface area (Å²) < 4.78 is 11.2. The second kappa shape index (κ2) is 8.47. The highest BCUT2D eigenvalue weighted by Crippen LogP contribution is 2.25. The molecule has 0 bridgehead atoms. The SMILES string of the molecule is Cc1ccc2c(c1)C(=O)N(CCCC(=O)OCc1cc(=O)oc3cc(Br)ccc13)C2=O. The predicted molar refractivity (Wildman–Crippen MR) is 116 cm³/mol. The fourth-order valence-corrected chi connectivity index (χ4v) is 3.88. The van der Waals surface area contributed by atoms with Gasteiger partial charge in [0.15, 0.2) is 0 Å². The summed E-state index contributed by atoms with van der Waals surface area (Å²) >= 11 is 3.32. The predicted octanol–water partition coefficient (Wildman–Crippen LogP) is 3.98. The molecule has 0 N–H and O–H groups in total. The number of hydrogen-bond acceptors (Lipinski definition) is 6. The maximum absolute atomic E-state index is 12.5. The number of hydrogen-bond donors (Lipinski definition) is 0. The number of carbonyl (C=O) groups excluding carboxylic acids is 3. The van der Waals surface area contributed by atoms with E-state index in [4.69, 9.17) is 9.15 Å². The summed E-state index contributed by atoms with van der Waals surface area (Å²) in [5.74, 6) is -1.17. The van der Waals surface area contributed by atoms with Gasteiger partial charge in [-0.2, -0.15) is 0 Å². The van der Waals surface area contributed by atoms with E-state index < -0.39 is 11.6 Å². The molecule has 2 heterocycles. The van der Waals surface area contributed by atoms with Crippen molar-refractivity contribution < 1.29 is 23.5 Å². The molecule has 7 nitrogen and oxygen atoms in total. The molecule has 0 saturated heterocycles. The molecule has 4 rings (SSSR count). The van der Waals surface area contributed by atoms with Gasteiger partial charge in [0.2, 0.25) is 0 Å². The number of nitrogens with zero attached hydrogens (tertiary/aromatic N) is 1. The molecule has 2 amide bonds. The maximum Gasteiger partial charge on any atom is 0.336 e. The molecule has 2 aromatic carbocycles. The number of rotatable bonds is 6. The third-order valence-electron chi connectivity index (χ3n) is 5.07. The van der Waals surface area contributed by atoms with Crippen LogP contribution in [0, 0.1) is 6.92 Å². The Labute approximate surface area is 185 Å². The van der Waals surface area contributed by atoms with Crippen molar-refractivity contribution in [2.24, 2.45) is 0 Å². The van der Waals surface area contributed by atoms with Crippen molar-refractivity contribution in [3.63, 3.8) is 0 Å². The molecule has 1 aliphatic heterocycles. The molecular formula is C23H18BrNO6. The third kappa shape index (κ3) is 4.29. The van der Waals surface area contributed by atoms with E-state index in [-0.39, 0.29) is 37.8 Å². The van der Waals surface area contributed by atoms with Crippen LogP contribution in [0.4, 0.5) is 0 Å². The summed E-state index contributed by atoms with van der Waals surface area (Å²) in [6.45, 7) is 1.91. The van der Waals surface area contributed by atoms with Crippen LogP contribution in [0.5, 0.6) is 0 Å². The summed E-state index contributed by atoms with van der Waals surface area (Å²) in [5, 5.41) is 0.678. The van der Waals surface area contributed by atoms with Gasteiger partial charge in [0.05, 0.1) is 11.1 Å². The molecular weight excluding hydrogens is 466 g/mol. The van der Waals surface area contributed by atoms with Gasteiger partial charge in [-0.15, -0.1) is 0 Å². The van der Waals surface area contributed by atoms with E-state index in [2.05, 4.69) is 15.9 Å². The Balaban J connectivity index is 1.34. The molecule has 0 fully saturated rings. The molecule has 0 aliphatic carbocycles. The van der Waals surface area contributed by atoms with Crippen LogP contribution in [0.15, 0.2) is 56.1 Å². The maximum atomic E-state index is 12.5. The second-order valence-corrected chi connectivity index (χ2v) is 8.22. The van der Waals surface area contributed by atoms with Crippen LogP contribution in [0.2, 0.25) is 0 Å². The van der Waals surface area contributed by atoms with Crippen LogP contribution in [0.25, 0.3) is 11.0 Å². The molecule has 0 atom stereocenters. The minimum absolute atomic E-state index is 0.0390. The third-order valence-corrected chi connectivity index (χ3v) is 5.56. The molecule has 158 valence electrons. The highest BCUT2D eigenvalue weighted by atomic mass is 79.9. The lowest BCUT2D eigenvalue weighted by Crippen LogP contribution is -2.31. The Morgan fingerprint density at radius 3 is 2.61 bits per heavy atom. The summed E-state index contributed by atoms with van der Waals surface area (Å²) in [4.78, 5) is 50.0. The van der Waals surface area contributed by atoms with Crippen LogP contribution >= 0.6 is 15.9 Å². The Bertz CT molecular complexity index is 1280. The lowest BCUT2D eigenvalue weighted by atomic mass is 10.1. The number of fused-ring (bicyclic) bond motifs is 2. The summed E-state index contributed by atoms with van der Waals surface area (Å²) in [6.07, 6.45) is 0.325. The smallest absolute Gasteiger partial charge is 0.336 e. The van der Waals surface area contributed by atoms with Gasteiger partial charge in [-0.1, -0.05) is 27.6 Å². The zero-order valence-corrected chi connectivity index (χ0v) is 18.2. The molecule has 0 unspecified atom stereocenters. The van der Waals surface area contributed by atoms with Crippen molar-refractivity contribution in [2.75, 3.05) is 6.54 Å². The second-order valence-electron chi connectivity index (χ2n) is 7.31. The first kappa shape index (κ1) is 21.0. The van der Waals surface area contributed by atoms with Gasteiger partial charge < -0.3 is 9.15 Å². The van der Waals surface area contributed by atoms with Gasteiger partial charge in [-0.05, 0) is 43.7 Å². The molecule has 0 radical (unpaired) electrons. The Hall–Kier alpha value is -3.26. The monoisotopic (exact) mass is 483 g/mol. The first-order valence-electron chi connectivity index (χ1n) is 9.68. The number of halogens is 1. The van der Waals surface area contributed by atoms with Crippen molar-refractivity contribution in [1.29, 1.82) is 0 Å². The summed E-state index contributed by atoms with van der Waals surface area (Å²) in [6, 6.07) is 11.7. The molecule has 1 aliphatic rings. The lowest BCUT2D eigenvalue weighted by molar-refractivity contribution is -0.145. The zero-order chi connectivity index (χ0) is 22.1. The number of ether oxygens (including phenoxy) is 1. The van der Waals surface area contributed by atoms with Gasteiger partial charge >= 0.3 is 11.6 Å². The lowest BCUT2D eigenvalue weighted by Gasteiger charge is -2.13. The number of carbonyl (C=O) groups is 3. The number of esters is 1. The molecule has 31 heavy (non-hydrogen) atoms. The van der Waals surface area contributed by atoms with Gasteiger partial charge in [0.1, 0.15) is 12.2 Å². The Morgan fingerprint density at radius 2 is 1.81 bits per heavy atom. The van der Waals surface area contributed by atoms with Crippen molar-refractivity contribution in [1.82, 2.24) is 4.90 Å². The van der Waals surface area contributed by atoms with Crippen molar-refractivity contribution >= 4 is 44.7 Å². The molecule has 3 aromatic rings. The minimum Gasteiger partial charge on any atom is -0.461 e. The summed E-state index contributed by atoms with van der Waals surface area (Å²) in [7, 11) is 0. The number of aryl methyl sites for hydroxylation is 1.